The fourth-order valence-electron chi connectivity index (χ4n) is 11.4. The molecular formula is C75H142O6. The summed E-state index contributed by atoms with van der Waals surface area (Å²) >= 11 is 0. The smallest absolute Gasteiger partial charge is 0.306 e. The number of carbonyl (C=O) groups excluding carboxylic acids is 3. The summed E-state index contributed by atoms with van der Waals surface area (Å²) in [5.74, 6) is -0.844. The number of ether oxygens (including phenoxy) is 3. The Hall–Kier alpha value is -2.11. The molecule has 1 atom stereocenters. The summed E-state index contributed by atoms with van der Waals surface area (Å²) in [4.78, 5) is 38.5. The third-order valence-electron chi connectivity index (χ3n) is 16.9. The van der Waals surface area contributed by atoms with Crippen LogP contribution in [0.15, 0.2) is 24.3 Å². The van der Waals surface area contributed by atoms with Crippen molar-refractivity contribution in [3.63, 3.8) is 0 Å². The van der Waals surface area contributed by atoms with E-state index in [2.05, 4.69) is 45.1 Å². The zero-order chi connectivity index (χ0) is 58.5. The quantitative estimate of drug-likeness (QED) is 0.0261. The molecule has 0 N–H and O–H groups in total. The van der Waals surface area contributed by atoms with E-state index in [9.17, 15) is 14.4 Å². The molecule has 0 fully saturated rings. The summed E-state index contributed by atoms with van der Waals surface area (Å²) in [7, 11) is 0. The molecule has 1 unspecified atom stereocenters. The number of hydrogen-bond acceptors (Lipinski definition) is 6. The van der Waals surface area contributed by atoms with Crippen LogP contribution in [0.3, 0.4) is 0 Å². The zero-order valence-electron chi connectivity index (χ0n) is 55.1. The first kappa shape index (κ1) is 78.9. The normalized spacial score (nSPS) is 12.1. The Morgan fingerprint density at radius 1 is 0.235 bits per heavy atom. The van der Waals surface area contributed by atoms with Crippen molar-refractivity contribution >= 4 is 17.9 Å². The molecule has 81 heavy (non-hydrogen) atoms. The second-order valence-electron chi connectivity index (χ2n) is 25.2. The van der Waals surface area contributed by atoms with Crippen LogP contribution in [0, 0.1) is 0 Å². The summed E-state index contributed by atoms with van der Waals surface area (Å²) in [6, 6.07) is 0. The Kier molecular flexibility index (Phi) is 68.5. The van der Waals surface area contributed by atoms with Crippen molar-refractivity contribution in [2.75, 3.05) is 13.2 Å². The fourth-order valence-corrected chi connectivity index (χ4v) is 11.4. The second kappa shape index (κ2) is 70.4. The van der Waals surface area contributed by atoms with E-state index in [1.807, 2.05) is 0 Å². The number of hydrogen-bond donors (Lipinski definition) is 0. The van der Waals surface area contributed by atoms with Gasteiger partial charge in [0.15, 0.2) is 6.10 Å². The highest BCUT2D eigenvalue weighted by Crippen LogP contribution is 2.19. The highest BCUT2D eigenvalue weighted by Gasteiger charge is 2.20. The largest absolute Gasteiger partial charge is 0.462 e. The Morgan fingerprint density at radius 3 is 0.617 bits per heavy atom. The molecule has 0 aliphatic carbocycles. The maximum absolute atomic E-state index is 13.0. The van der Waals surface area contributed by atoms with E-state index in [0.29, 0.717) is 19.3 Å². The van der Waals surface area contributed by atoms with Gasteiger partial charge < -0.3 is 14.2 Å². The average molecular weight is 1140 g/mol. The van der Waals surface area contributed by atoms with Crippen molar-refractivity contribution in [1.82, 2.24) is 0 Å². The summed E-state index contributed by atoms with van der Waals surface area (Å²) < 4.78 is 17.0. The van der Waals surface area contributed by atoms with Crippen LogP contribution >= 0.6 is 0 Å². The lowest BCUT2D eigenvalue weighted by atomic mass is 10.0. The minimum absolute atomic E-state index is 0.0688. The Bertz CT molecular complexity index is 1310. The van der Waals surface area contributed by atoms with E-state index in [1.54, 1.807) is 0 Å². The molecular weight excluding hydrogens is 997 g/mol. The molecule has 0 rings (SSSR count). The van der Waals surface area contributed by atoms with E-state index in [0.717, 1.165) is 57.8 Å². The highest BCUT2D eigenvalue weighted by atomic mass is 16.6. The van der Waals surface area contributed by atoms with Gasteiger partial charge in [-0.3, -0.25) is 14.4 Å². The van der Waals surface area contributed by atoms with Gasteiger partial charge in [-0.05, 0) is 70.6 Å². The molecule has 0 aromatic carbocycles. The average Bonchev–Trinajstić information content (AvgIpc) is 3.47. The number of unbranched alkanes of at least 4 members (excludes halogenated alkanes) is 54. The van der Waals surface area contributed by atoms with Crippen LogP contribution in [0.4, 0.5) is 0 Å². The van der Waals surface area contributed by atoms with Crippen LogP contribution < -0.4 is 0 Å². The predicted molar refractivity (Wildman–Crippen MR) is 353 cm³/mol. The molecule has 0 aromatic heterocycles. The molecule has 478 valence electrons. The molecule has 0 saturated carbocycles. The third-order valence-corrected chi connectivity index (χ3v) is 16.9. The summed E-state index contributed by atoms with van der Waals surface area (Å²) in [5, 5.41) is 0. The van der Waals surface area contributed by atoms with Gasteiger partial charge >= 0.3 is 17.9 Å². The Labute approximate surface area is 506 Å². The lowest BCUT2D eigenvalue weighted by molar-refractivity contribution is -0.167. The highest BCUT2D eigenvalue weighted by molar-refractivity contribution is 5.71. The van der Waals surface area contributed by atoms with Crippen molar-refractivity contribution < 1.29 is 28.6 Å². The first-order chi connectivity index (χ1) is 40.0. The number of allylic oxidation sites excluding steroid dienone is 4. The van der Waals surface area contributed by atoms with Gasteiger partial charge in [0.05, 0.1) is 0 Å². The molecule has 0 amide bonds. The van der Waals surface area contributed by atoms with Crippen LogP contribution in [0.25, 0.3) is 0 Å². The van der Waals surface area contributed by atoms with Gasteiger partial charge in [0, 0.05) is 19.3 Å². The lowest BCUT2D eigenvalue weighted by Gasteiger charge is -2.18. The summed E-state index contributed by atoms with van der Waals surface area (Å²) in [6.07, 6.45) is 86.4. The molecule has 6 nitrogen and oxygen atoms in total. The van der Waals surface area contributed by atoms with E-state index in [1.165, 1.54) is 321 Å². The van der Waals surface area contributed by atoms with Crippen LogP contribution in [-0.4, -0.2) is 37.2 Å². The first-order valence-corrected chi connectivity index (χ1v) is 36.8. The van der Waals surface area contributed by atoms with Gasteiger partial charge in [-0.2, -0.15) is 0 Å². The molecule has 0 aliphatic rings. The Balaban J connectivity index is 4.24. The zero-order valence-corrected chi connectivity index (χ0v) is 55.1. The molecule has 0 aromatic rings. The molecule has 0 saturated heterocycles. The summed E-state index contributed by atoms with van der Waals surface area (Å²) in [6.45, 7) is 6.72. The molecule has 0 spiro atoms. The third kappa shape index (κ3) is 68.6. The van der Waals surface area contributed by atoms with Gasteiger partial charge in [0.1, 0.15) is 13.2 Å². The summed E-state index contributed by atoms with van der Waals surface area (Å²) in [5.41, 5.74) is 0. The Morgan fingerprint density at radius 2 is 0.407 bits per heavy atom. The fraction of sp³-hybridized carbons (Fsp3) is 0.907. The van der Waals surface area contributed by atoms with Crippen molar-refractivity contribution in [2.45, 2.75) is 425 Å². The lowest BCUT2D eigenvalue weighted by Crippen LogP contribution is -2.30. The van der Waals surface area contributed by atoms with E-state index in [-0.39, 0.29) is 31.1 Å². The maximum atomic E-state index is 13.0. The number of rotatable bonds is 69. The molecule has 0 heterocycles. The number of carbonyl (C=O) groups is 3. The van der Waals surface area contributed by atoms with Crippen molar-refractivity contribution in [2.24, 2.45) is 0 Å². The molecule has 0 bridgehead atoms. The molecule has 6 heteroatoms. The molecule has 0 radical (unpaired) electrons. The van der Waals surface area contributed by atoms with Gasteiger partial charge in [0.2, 0.25) is 0 Å². The van der Waals surface area contributed by atoms with Crippen molar-refractivity contribution in [3.05, 3.63) is 24.3 Å². The van der Waals surface area contributed by atoms with Gasteiger partial charge in [-0.15, -0.1) is 0 Å². The maximum Gasteiger partial charge on any atom is 0.306 e. The van der Waals surface area contributed by atoms with Crippen LogP contribution in [-0.2, 0) is 28.6 Å². The minimum Gasteiger partial charge on any atom is -0.462 e. The van der Waals surface area contributed by atoms with Crippen LogP contribution in [0.2, 0.25) is 0 Å². The number of esters is 3. The van der Waals surface area contributed by atoms with Crippen molar-refractivity contribution in [3.8, 4) is 0 Å². The minimum atomic E-state index is -0.774. The molecule has 0 aliphatic heterocycles. The standard InChI is InChI=1S/C75H142O6/c1-4-7-10-13-16-19-22-25-28-31-34-35-36-37-38-39-40-41-42-45-47-50-53-56-59-62-65-68-74(77)80-71-72(81-75(78)69-66-63-60-57-54-51-48-44-33-30-27-24-21-18-15-12-9-6-3)70-79-73(76)67-64-61-58-55-52-49-46-43-32-29-26-23-20-17-14-11-8-5-2/h29-30,32-33,72H,4-28,31,34-71H2,1-3H3/b32-29-,33-30-. The van der Waals surface area contributed by atoms with E-state index >= 15 is 0 Å². The van der Waals surface area contributed by atoms with Crippen LogP contribution in [0.5, 0.6) is 0 Å². The van der Waals surface area contributed by atoms with E-state index in [4.69, 9.17) is 14.2 Å². The monoisotopic (exact) mass is 1140 g/mol. The van der Waals surface area contributed by atoms with Gasteiger partial charge in [-0.25, -0.2) is 0 Å². The van der Waals surface area contributed by atoms with Crippen molar-refractivity contribution in [1.29, 1.82) is 0 Å². The van der Waals surface area contributed by atoms with Gasteiger partial charge in [0.25, 0.3) is 0 Å². The first-order valence-electron chi connectivity index (χ1n) is 36.8. The second-order valence-corrected chi connectivity index (χ2v) is 25.2. The van der Waals surface area contributed by atoms with Crippen LogP contribution in [0.1, 0.15) is 419 Å². The topological polar surface area (TPSA) is 78.9 Å². The van der Waals surface area contributed by atoms with Gasteiger partial charge in [-0.1, -0.05) is 353 Å². The predicted octanol–water partition coefficient (Wildman–Crippen LogP) is 25.3. The van der Waals surface area contributed by atoms with E-state index < -0.39 is 6.10 Å². The SMILES string of the molecule is CCCCCCCCC/C=C\CCCCCCCCCC(=O)OCC(COC(=O)CCCCCCCCCCCCCCCCCCCCCCCCCCCCC)OC(=O)CCCCCCCCC/C=C\CCCCCCCCC.